The smallest absolute Gasteiger partial charge is 0.324 e. The van der Waals surface area contributed by atoms with Crippen LogP contribution in [0.2, 0.25) is 0 Å². The average Bonchev–Trinajstić information content (AvgIpc) is 2.26. The molecular formula is C10H9F6N3O. The molecule has 0 saturated carbocycles. The zero-order valence-electron chi connectivity index (χ0n) is 9.77. The molecule has 0 bridgehead atoms. The normalized spacial score (nSPS) is 12.3. The summed E-state index contributed by atoms with van der Waals surface area (Å²) in [6.07, 6.45) is -8.28. The molecule has 1 aromatic rings. The Hall–Kier alpha value is -1.84. The first-order valence-electron chi connectivity index (χ1n) is 5.18. The van der Waals surface area contributed by atoms with Crippen LogP contribution in [0.1, 0.15) is 5.69 Å². The van der Waals surface area contributed by atoms with Crippen molar-refractivity contribution >= 4 is 11.6 Å². The summed E-state index contributed by atoms with van der Waals surface area (Å²) in [7, 11) is 0. The summed E-state index contributed by atoms with van der Waals surface area (Å²) in [5.74, 6) is -0.823. The molecule has 0 atom stereocenters. The van der Waals surface area contributed by atoms with Gasteiger partial charge in [0.15, 0.2) is 0 Å². The van der Waals surface area contributed by atoms with Crippen LogP contribution in [0.4, 0.5) is 32.0 Å². The van der Waals surface area contributed by atoms with Crippen molar-refractivity contribution in [1.29, 1.82) is 0 Å². The summed E-state index contributed by atoms with van der Waals surface area (Å²) in [5, 5.41) is 3.95. The molecule has 10 heteroatoms. The van der Waals surface area contributed by atoms with Crippen LogP contribution in [0.15, 0.2) is 18.3 Å². The zero-order valence-corrected chi connectivity index (χ0v) is 9.77. The van der Waals surface area contributed by atoms with Crippen molar-refractivity contribution in [2.75, 3.05) is 18.4 Å². The van der Waals surface area contributed by atoms with Crippen LogP contribution in [0.5, 0.6) is 0 Å². The summed E-state index contributed by atoms with van der Waals surface area (Å²) in [6.45, 7) is -1.97. The number of pyridine rings is 1. The molecule has 0 aliphatic heterocycles. The van der Waals surface area contributed by atoms with E-state index in [1.165, 1.54) is 0 Å². The van der Waals surface area contributed by atoms with Gasteiger partial charge < -0.3 is 10.6 Å². The number of halogens is 6. The lowest BCUT2D eigenvalue weighted by Crippen LogP contribution is -2.35. The third-order valence-electron chi connectivity index (χ3n) is 1.95. The molecule has 20 heavy (non-hydrogen) atoms. The maximum atomic E-state index is 12.2. The van der Waals surface area contributed by atoms with Crippen LogP contribution < -0.4 is 10.6 Å². The quantitative estimate of drug-likeness (QED) is 0.838. The molecular weight excluding hydrogens is 292 g/mol. The van der Waals surface area contributed by atoms with Gasteiger partial charge in [-0.15, -0.1) is 0 Å². The van der Waals surface area contributed by atoms with E-state index < -0.39 is 37.0 Å². The van der Waals surface area contributed by atoms with E-state index in [0.29, 0.717) is 6.07 Å². The van der Waals surface area contributed by atoms with E-state index in [-0.39, 0.29) is 5.69 Å². The highest BCUT2D eigenvalue weighted by Gasteiger charge is 2.32. The number of hydrogen-bond acceptors (Lipinski definition) is 3. The van der Waals surface area contributed by atoms with Gasteiger partial charge in [-0.05, 0) is 12.1 Å². The van der Waals surface area contributed by atoms with Crippen LogP contribution >= 0.6 is 0 Å². The summed E-state index contributed by atoms with van der Waals surface area (Å²) in [5.41, 5.74) is -1.18. The van der Waals surface area contributed by atoms with Crippen LogP contribution in [0, 0.1) is 0 Å². The highest BCUT2D eigenvalue weighted by molar-refractivity contribution is 5.92. The van der Waals surface area contributed by atoms with Crippen molar-refractivity contribution in [3.05, 3.63) is 24.0 Å². The molecule has 4 nitrogen and oxygen atoms in total. The molecule has 1 amide bonds. The minimum atomic E-state index is -4.60. The molecule has 0 unspecified atom stereocenters. The van der Waals surface area contributed by atoms with Crippen molar-refractivity contribution in [1.82, 2.24) is 10.3 Å². The van der Waals surface area contributed by atoms with Crippen molar-refractivity contribution < 1.29 is 31.1 Å². The predicted octanol–water partition coefficient (Wildman–Crippen LogP) is 2.19. The lowest BCUT2D eigenvalue weighted by molar-refractivity contribution is -0.141. The fourth-order valence-corrected chi connectivity index (χ4v) is 1.16. The molecule has 0 aliphatic rings. The third-order valence-corrected chi connectivity index (χ3v) is 1.95. The number of carbonyl (C=O) groups excluding carboxylic acids is 1. The molecule has 0 aliphatic carbocycles. The third kappa shape index (κ3) is 5.87. The van der Waals surface area contributed by atoms with Gasteiger partial charge in [0.2, 0.25) is 5.91 Å². The monoisotopic (exact) mass is 301 g/mol. The van der Waals surface area contributed by atoms with Crippen LogP contribution in [-0.2, 0) is 11.0 Å². The number of alkyl halides is 6. The number of aromatic nitrogens is 1. The van der Waals surface area contributed by atoms with Crippen molar-refractivity contribution in [2.45, 2.75) is 12.4 Å². The molecule has 0 radical (unpaired) electrons. The summed E-state index contributed by atoms with van der Waals surface area (Å²) < 4.78 is 71.9. The first-order valence-corrected chi connectivity index (χ1v) is 5.18. The molecule has 2 N–H and O–H groups in total. The Labute approximate surface area is 109 Å². The maximum absolute atomic E-state index is 12.2. The second-order valence-electron chi connectivity index (χ2n) is 3.70. The van der Waals surface area contributed by atoms with E-state index in [9.17, 15) is 31.1 Å². The standard InChI is InChI=1S/C10H9F6N3O/c11-9(12,13)5-17-4-8(20)19-6-1-2-7(18-3-6)10(14,15)16/h1-3,17H,4-5H2,(H,19,20). The molecule has 0 saturated heterocycles. The Kier molecular flexibility index (Phi) is 4.93. The Balaban J connectivity index is 2.47. The molecule has 1 rings (SSSR count). The largest absolute Gasteiger partial charge is 0.433 e. The number of hydrogen-bond donors (Lipinski definition) is 2. The minimum absolute atomic E-state index is 0.0446. The van der Waals surface area contributed by atoms with Gasteiger partial charge in [-0.2, -0.15) is 26.3 Å². The van der Waals surface area contributed by atoms with Crippen molar-refractivity contribution in [3.63, 3.8) is 0 Å². The minimum Gasteiger partial charge on any atom is -0.324 e. The summed E-state index contributed by atoms with van der Waals surface area (Å²) in [4.78, 5) is 14.3. The molecule has 0 spiro atoms. The van der Waals surface area contributed by atoms with E-state index >= 15 is 0 Å². The van der Waals surface area contributed by atoms with Crippen LogP contribution in [0.3, 0.4) is 0 Å². The molecule has 112 valence electrons. The van der Waals surface area contributed by atoms with Gasteiger partial charge in [0, 0.05) is 0 Å². The van der Waals surface area contributed by atoms with Gasteiger partial charge in [0.05, 0.1) is 25.0 Å². The fourth-order valence-electron chi connectivity index (χ4n) is 1.16. The van der Waals surface area contributed by atoms with Gasteiger partial charge >= 0.3 is 12.4 Å². The zero-order chi connectivity index (χ0) is 15.4. The number of anilines is 1. The fraction of sp³-hybridized carbons (Fsp3) is 0.400. The van der Waals surface area contributed by atoms with E-state index in [4.69, 9.17) is 0 Å². The second-order valence-corrected chi connectivity index (χ2v) is 3.70. The molecule has 0 aromatic carbocycles. The lowest BCUT2D eigenvalue weighted by Gasteiger charge is -2.09. The van der Waals surface area contributed by atoms with Crippen molar-refractivity contribution in [2.24, 2.45) is 0 Å². The second kappa shape index (κ2) is 6.07. The Morgan fingerprint density at radius 1 is 1.15 bits per heavy atom. The van der Waals surface area contributed by atoms with Crippen LogP contribution in [0.25, 0.3) is 0 Å². The number of amides is 1. The lowest BCUT2D eigenvalue weighted by atomic mass is 10.3. The predicted molar refractivity (Wildman–Crippen MR) is 56.8 cm³/mol. The number of carbonyl (C=O) groups is 1. The molecule has 1 aromatic heterocycles. The Morgan fingerprint density at radius 2 is 1.80 bits per heavy atom. The van der Waals surface area contributed by atoms with E-state index in [2.05, 4.69) is 10.3 Å². The van der Waals surface area contributed by atoms with Crippen molar-refractivity contribution in [3.8, 4) is 0 Å². The number of nitrogens with zero attached hydrogens (tertiary/aromatic N) is 1. The van der Waals surface area contributed by atoms with Gasteiger partial charge in [0.1, 0.15) is 5.69 Å². The van der Waals surface area contributed by atoms with E-state index in [1.54, 1.807) is 0 Å². The highest BCUT2D eigenvalue weighted by atomic mass is 19.4. The first-order chi connectivity index (χ1) is 9.08. The van der Waals surface area contributed by atoms with E-state index in [0.717, 1.165) is 12.3 Å². The summed E-state index contributed by atoms with van der Waals surface area (Å²) >= 11 is 0. The topological polar surface area (TPSA) is 54.0 Å². The van der Waals surface area contributed by atoms with Crippen LogP contribution in [-0.4, -0.2) is 30.2 Å². The number of rotatable bonds is 4. The maximum Gasteiger partial charge on any atom is 0.433 e. The van der Waals surface area contributed by atoms with E-state index in [1.807, 2.05) is 5.32 Å². The molecule has 1 heterocycles. The number of nitrogens with one attached hydrogen (secondary N) is 2. The highest BCUT2D eigenvalue weighted by Crippen LogP contribution is 2.27. The van der Waals surface area contributed by atoms with Gasteiger partial charge in [0.25, 0.3) is 0 Å². The summed E-state index contributed by atoms with van der Waals surface area (Å²) in [6, 6.07) is 1.61. The SMILES string of the molecule is O=C(CNCC(F)(F)F)Nc1ccc(C(F)(F)F)nc1. The molecule has 0 fully saturated rings. The van der Waals surface area contributed by atoms with Gasteiger partial charge in [-0.1, -0.05) is 0 Å². The first kappa shape index (κ1) is 16.2. The van der Waals surface area contributed by atoms with Gasteiger partial charge in [-0.3, -0.25) is 4.79 Å². The average molecular weight is 301 g/mol. The van der Waals surface area contributed by atoms with Gasteiger partial charge in [-0.25, -0.2) is 4.98 Å². The Morgan fingerprint density at radius 3 is 2.25 bits per heavy atom. The Bertz CT molecular complexity index is 454.